The molecule has 1 amide bonds. The fraction of sp³-hybridized carbons (Fsp3) is 0.583. The summed E-state index contributed by atoms with van der Waals surface area (Å²) in [6, 6.07) is 0.154. The standard InChI is InChI=1S/C12H15N3O4/c16-10(3-6-5-13-12(18)15-11(6)17)14-8-4-9-7(8)1-2-19-9/h5,7-9H,1-4H2,(H,14,16)(H2,13,15,17,18)/t7-,8+,9+/m1/s1. The third-order valence-corrected chi connectivity index (χ3v) is 3.86. The van der Waals surface area contributed by atoms with Crippen LogP contribution < -0.4 is 16.6 Å². The van der Waals surface area contributed by atoms with Crippen LogP contribution in [-0.2, 0) is 16.0 Å². The highest BCUT2D eigenvalue weighted by Gasteiger charge is 2.45. The summed E-state index contributed by atoms with van der Waals surface area (Å²) in [6.45, 7) is 0.765. The van der Waals surface area contributed by atoms with Crippen LogP contribution in [0, 0.1) is 5.92 Å². The minimum atomic E-state index is -0.570. The van der Waals surface area contributed by atoms with Gasteiger partial charge in [-0.25, -0.2) is 4.79 Å². The van der Waals surface area contributed by atoms with Crippen molar-refractivity contribution in [1.82, 2.24) is 15.3 Å². The number of hydrogen-bond acceptors (Lipinski definition) is 4. The van der Waals surface area contributed by atoms with Crippen LogP contribution >= 0.6 is 0 Å². The maximum absolute atomic E-state index is 11.8. The van der Waals surface area contributed by atoms with Crippen molar-refractivity contribution in [2.75, 3.05) is 6.61 Å². The molecule has 102 valence electrons. The molecule has 1 saturated heterocycles. The van der Waals surface area contributed by atoms with Crippen molar-refractivity contribution < 1.29 is 9.53 Å². The van der Waals surface area contributed by atoms with Crippen LogP contribution in [0.1, 0.15) is 18.4 Å². The Morgan fingerprint density at radius 2 is 2.32 bits per heavy atom. The van der Waals surface area contributed by atoms with Crippen molar-refractivity contribution in [2.45, 2.75) is 31.4 Å². The fourth-order valence-corrected chi connectivity index (χ4v) is 2.76. The smallest absolute Gasteiger partial charge is 0.325 e. The van der Waals surface area contributed by atoms with Crippen LogP contribution in [-0.4, -0.2) is 34.6 Å². The number of rotatable bonds is 3. The lowest BCUT2D eigenvalue weighted by atomic mass is 9.76. The molecule has 2 fully saturated rings. The number of H-pyrrole nitrogens is 2. The molecule has 1 aromatic rings. The lowest BCUT2D eigenvalue weighted by Gasteiger charge is -2.39. The van der Waals surface area contributed by atoms with Crippen LogP contribution in [0.15, 0.2) is 15.8 Å². The number of fused-ring (bicyclic) bond motifs is 1. The number of amides is 1. The topological polar surface area (TPSA) is 104 Å². The quantitative estimate of drug-likeness (QED) is 0.645. The van der Waals surface area contributed by atoms with Crippen LogP contribution in [0.3, 0.4) is 0 Å². The molecule has 2 aliphatic rings. The van der Waals surface area contributed by atoms with E-state index in [0.29, 0.717) is 12.0 Å². The maximum Gasteiger partial charge on any atom is 0.325 e. The van der Waals surface area contributed by atoms with E-state index < -0.39 is 11.2 Å². The first kappa shape index (κ1) is 12.2. The second-order valence-corrected chi connectivity index (χ2v) is 5.05. The van der Waals surface area contributed by atoms with Gasteiger partial charge >= 0.3 is 5.69 Å². The molecule has 1 aliphatic heterocycles. The summed E-state index contributed by atoms with van der Waals surface area (Å²) in [4.78, 5) is 38.6. The second kappa shape index (κ2) is 4.65. The van der Waals surface area contributed by atoms with Gasteiger partial charge in [-0.3, -0.25) is 14.6 Å². The Morgan fingerprint density at radius 3 is 3.05 bits per heavy atom. The Hall–Kier alpha value is -1.89. The summed E-state index contributed by atoms with van der Waals surface area (Å²) < 4.78 is 5.47. The molecule has 0 radical (unpaired) electrons. The van der Waals surface area contributed by atoms with E-state index in [0.717, 1.165) is 19.4 Å². The number of aromatic amines is 2. The van der Waals surface area contributed by atoms with E-state index in [-0.39, 0.29) is 23.9 Å². The Bertz CT molecular complexity index is 605. The van der Waals surface area contributed by atoms with Gasteiger partial charge in [0.1, 0.15) is 0 Å². The van der Waals surface area contributed by atoms with Crippen LogP contribution in [0.25, 0.3) is 0 Å². The molecule has 1 saturated carbocycles. The highest BCUT2D eigenvalue weighted by molar-refractivity contribution is 5.78. The number of carbonyl (C=O) groups is 1. The molecule has 1 aromatic heterocycles. The van der Waals surface area contributed by atoms with E-state index in [4.69, 9.17) is 4.74 Å². The average molecular weight is 265 g/mol. The van der Waals surface area contributed by atoms with Crippen molar-refractivity contribution in [3.63, 3.8) is 0 Å². The number of hydrogen-bond donors (Lipinski definition) is 3. The molecular formula is C12H15N3O4. The minimum absolute atomic E-state index is 0.0269. The SMILES string of the molecule is O=C(Cc1c[nH]c(=O)[nH]c1=O)N[C@H]1C[C@@H]2OCC[C@H]12. The molecule has 2 heterocycles. The molecule has 0 spiro atoms. The van der Waals surface area contributed by atoms with Crippen LogP contribution in [0.2, 0.25) is 0 Å². The Kier molecular flexibility index (Phi) is 2.98. The molecule has 7 nitrogen and oxygen atoms in total. The van der Waals surface area contributed by atoms with E-state index in [9.17, 15) is 14.4 Å². The fourth-order valence-electron chi connectivity index (χ4n) is 2.76. The lowest BCUT2D eigenvalue weighted by Crippen LogP contribution is -2.53. The summed E-state index contributed by atoms with van der Waals surface area (Å²) in [5.41, 5.74) is -0.829. The summed E-state index contributed by atoms with van der Waals surface area (Å²) >= 11 is 0. The average Bonchev–Trinajstić information content (AvgIpc) is 2.71. The third-order valence-electron chi connectivity index (χ3n) is 3.86. The zero-order valence-electron chi connectivity index (χ0n) is 10.3. The summed E-state index contributed by atoms with van der Waals surface area (Å²) in [5, 5.41) is 2.91. The highest BCUT2D eigenvalue weighted by atomic mass is 16.5. The largest absolute Gasteiger partial charge is 0.378 e. The Morgan fingerprint density at radius 1 is 1.47 bits per heavy atom. The van der Waals surface area contributed by atoms with Crippen molar-refractivity contribution in [1.29, 1.82) is 0 Å². The van der Waals surface area contributed by atoms with E-state index >= 15 is 0 Å². The van der Waals surface area contributed by atoms with Gasteiger partial charge in [0.05, 0.1) is 12.5 Å². The van der Waals surface area contributed by atoms with Gasteiger partial charge < -0.3 is 15.0 Å². The van der Waals surface area contributed by atoms with E-state index in [2.05, 4.69) is 15.3 Å². The molecule has 3 rings (SSSR count). The van der Waals surface area contributed by atoms with Gasteiger partial charge in [-0.05, 0) is 12.8 Å². The van der Waals surface area contributed by atoms with Crippen molar-refractivity contribution in [3.8, 4) is 0 Å². The van der Waals surface area contributed by atoms with Gasteiger partial charge in [-0.2, -0.15) is 0 Å². The summed E-state index contributed by atoms with van der Waals surface area (Å²) in [6.07, 6.45) is 3.37. The molecule has 7 heteroatoms. The maximum atomic E-state index is 11.8. The van der Waals surface area contributed by atoms with Crippen LogP contribution in [0.5, 0.6) is 0 Å². The molecule has 19 heavy (non-hydrogen) atoms. The second-order valence-electron chi connectivity index (χ2n) is 5.05. The normalized spacial score (nSPS) is 28.5. The zero-order valence-corrected chi connectivity index (χ0v) is 10.3. The highest BCUT2D eigenvalue weighted by Crippen LogP contribution is 2.38. The molecule has 3 atom stereocenters. The van der Waals surface area contributed by atoms with Gasteiger partial charge in [0.15, 0.2) is 0 Å². The van der Waals surface area contributed by atoms with Gasteiger partial charge in [0, 0.05) is 30.3 Å². The molecule has 1 aliphatic carbocycles. The molecule has 0 bridgehead atoms. The van der Waals surface area contributed by atoms with Crippen molar-refractivity contribution in [3.05, 3.63) is 32.6 Å². The molecule has 0 unspecified atom stereocenters. The monoisotopic (exact) mass is 265 g/mol. The third kappa shape index (κ3) is 2.33. The Balaban J connectivity index is 1.59. The van der Waals surface area contributed by atoms with Crippen LogP contribution in [0.4, 0.5) is 0 Å². The van der Waals surface area contributed by atoms with E-state index in [1.54, 1.807) is 0 Å². The first-order chi connectivity index (χ1) is 9.13. The van der Waals surface area contributed by atoms with Crippen molar-refractivity contribution >= 4 is 5.91 Å². The van der Waals surface area contributed by atoms with Gasteiger partial charge in [-0.1, -0.05) is 0 Å². The number of ether oxygens (including phenoxy) is 1. The molecule has 0 aromatic carbocycles. The zero-order chi connectivity index (χ0) is 13.4. The number of nitrogens with one attached hydrogen (secondary N) is 3. The number of aromatic nitrogens is 2. The van der Waals surface area contributed by atoms with Gasteiger partial charge in [-0.15, -0.1) is 0 Å². The summed E-state index contributed by atoms with van der Waals surface area (Å²) in [7, 11) is 0. The summed E-state index contributed by atoms with van der Waals surface area (Å²) in [5.74, 6) is 0.214. The first-order valence-corrected chi connectivity index (χ1v) is 6.35. The van der Waals surface area contributed by atoms with E-state index in [1.165, 1.54) is 6.20 Å². The lowest BCUT2D eigenvalue weighted by molar-refractivity contribution is -0.123. The van der Waals surface area contributed by atoms with Crippen molar-refractivity contribution in [2.24, 2.45) is 5.92 Å². The first-order valence-electron chi connectivity index (χ1n) is 6.35. The van der Waals surface area contributed by atoms with Gasteiger partial charge in [0.2, 0.25) is 5.91 Å². The minimum Gasteiger partial charge on any atom is -0.378 e. The molecular weight excluding hydrogens is 250 g/mol. The number of carbonyl (C=O) groups excluding carboxylic acids is 1. The predicted molar refractivity (Wildman–Crippen MR) is 65.8 cm³/mol. The Labute approximate surface area is 108 Å². The van der Waals surface area contributed by atoms with E-state index in [1.807, 2.05) is 0 Å². The predicted octanol–water partition coefficient (Wildman–Crippen LogP) is -1.10. The molecule has 3 N–H and O–H groups in total. The van der Waals surface area contributed by atoms with Gasteiger partial charge in [0.25, 0.3) is 5.56 Å².